The molecule has 1 unspecified atom stereocenters. The number of unbranched alkanes of at least 4 members (excludes halogenated alkanes) is 1. The lowest BCUT2D eigenvalue weighted by Crippen LogP contribution is -2.41. The van der Waals surface area contributed by atoms with E-state index in [1.165, 1.54) is 12.1 Å². The molecule has 0 bridgehead atoms. The summed E-state index contributed by atoms with van der Waals surface area (Å²) in [5, 5.41) is 11.3. The lowest BCUT2D eigenvalue weighted by molar-refractivity contribution is -0.142. The molecule has 0 aromatic heterocycles. The molecule has 1 rings (SSSR count). The molecule has 2 N–H and O–H groups in total. The Morgan fingerprint density at radius 2 is 2.00 bits per heavy atom. The highest BCUT2D eigenvalue weighted by Gasteiger charge is 2.30. The molecule has 7 heteroatoms. The SMILES string of the molecule is CCCCC(NC(=O)Cc1cccc(C(F)(F)F)c1)C(=O)O. The van der Waals surface area contributed by atoms with E-state index >= 15 is 0 Å². The van der Waals surface area contributed by atoms with Gasteiger partial charge >= 0.3 is 12.1 Å². The average Bonchev–Trinajstić information content (AvgIpc) is 2.42. The van der Waals surface area contributed by atoms with Crippen molar-refractivity contribution < 1.29 is 27.9 Å². The smallest absolute Gasteiger partial charge is 0.416 e. The topological polar surface area (TPSA) is 66.4 Å². The summed E-state index contributed by atoms with van der Waals surface area (Å²) in [4.78, 5) is 22.8. The van der Waals surface area contributed by atoms with Crippen LogP contribution in [0.5, 0.6) is 0 Å². The first-order valence-corrected chi connectivity index (χ1v) is 6.92. The van der Waals surface area contributed by atoms with Crippen molar-refractivity contribution in [1.29, 1.82) is 0 Å². The van der Waals surface area contributed by atoms with Crippen LogP contribution in [0.1, 0.15) is 37.3 Å². The Hall–Kier alpha value is -2.05. The van der Waals surface area contributed by atoms with Crippen LogP contribution in [0.25, 0.3) is 0 Å². The molecule has 122 valence electrons. The minimum Gasteiger partial charge on any atom is -0.480 e. The van der Waals surface area contributed by atoms with Crippen LogP contribution in [0.2, 0.25) is 0 Å². The van der Waals surface area contributed by atoms with Crippen LogP contribution in [0, 0.1) is 0 Å². The summed E-state index contributed by atoms with van der Waals surface area (Å²) in [5.74, 6) is -1.76. The van der Waals surface area contributed by atoms with Crippen molar-refractivity contribution in [1.82, 2.24) is 5.32 Å². The lowest BCUT2D eigenvalue weighted by atomic mass is 10.1. The number of hydrogen-bond donors (Lipinski definition) is 2. The van der Waals surface area contributed by atoms with E-state index in [-0.39, 0.29) is 12.0 Å². The van der Waals surface area contributed by atoms with Crippen LogP contribution in [0.15, 0.2) is 24.3 Å². The number of aliphatic carboxylic acids is 1. The molecule has 0 spiro atoms. The van der Waals surface area contributed by atoms with E-state index in [0.29, 0.717) is 12.8 Å². The molecule has 0 radical (unpaired) electrons. The van der Waals surface area contributed by atoms with Crippen LogP contribution in [0.4, 0.5) is 13.2 Å². The van der Waals surface area contributed by atoms with E-state index in [1.54, 1.807) is 0 Å². The highest BCUT2D eigenvalue weighted by atomic mass is 19.4. The van der Waals surface area contributed by atoms with Crippen molar-refractivity contribution in [2.45, 2.75) is 44.8 Å². The van der Waals surface area contributed by atoms with E-state index in [1.807, 2.05) is 6.92 Å². The van der Waals surface area contributed by atoms with Gasteiger partial charge in [0.1, 0.15) is 6.04 Å². The van der Waals surface area contributed by atoms with Crippen LogP contribution < -0.4 is 5.32 Å². The summed E-state index contributed by atoms with van der Waals surface area (Å²) in [7, 11) is 0. The number of amides is 1. The molecule has 1 amide bonds. The number of halogens is 3. The molecule has 0 fully saturated rings. The highest BCUT2D eigenvalue weighted by Crippen LogP contribution is 2.29. The first-order chi connectivity index (χ1) is 10.2. The lowest BCUT2D eigenvalue weighted by Gasteiger charge is -2.14. The Morgan fingerprint density at radius 3 is 2.55 bits per heavy atom. The summed E-state index contributed by atoms with van der Waals surface area (Å²) in [5.41, 5.74) is -0.648. The van der Waals surface area contributed by atoms with Crippen molar-refractivity contribution in [3.63, 3.8) is 0 Å². The predicted molar refractivity (Wildman–Crippen MR) is 74.2 cm³/mol. The van der Waals surface area contributed by atoms with Gasteiger partial charge in [-0.15, -0.1) is 0 Å². The van der Waals surface area contributed by atoms with Crippen molar-refractivity contribution in [2.75, 3.05) is 0 Å². The maximum Gasteiger partial charge on any atom is 0.416 e. The molecule has 1 aromatic rings. The normalized spacial score (nSPS) is 12.7. The maximum absolute atomic E-state index is 12.6. The van der Waals surface area contributed by atoms with E-state index < -0.39 is 29.7 Å². The van der Waals surface area contributed by atoms with Gasteiger partial charge in [-0.25, -0.2) is 4.79 Å². The average molecular weight is 317 g/mol. The number of carbonyl (C=O) groups is 2. The third kappa shape index (κ3) is 5.75. The van der Waals surface area contributed by atoms with Gasteiger partial charge in [-0.3, -0.25) is 4.79 Å². The molecule has 1 aromatic carbocycles. The number of carboxylic acid groups (broad SMARTS) is 1. The second-order valence-electron chi connectivity index (χ2n) is 4.98. The molecule has 0 aliphatic carbocycles. The number of carboxylic acids is 1. The second-order valence-corrected chi connectivity index (χ2v) is 4.98. The Kier molecular flexibility index (Phi) is 6.39. The third-order valence-corrected chi connectivity index (χ3v) is 3.10. The third-order valence-electron chi connectivity index (χ3n) is 3.10. The quantitative estimate of drug-likeness (QED) is 0.812. The number of nitrogens with one attached hydrogen (secondary N) is 1. The number of rotatable bonds is 7. The first kappa shape index (κ1) is 18.0. The van der Waals surface area contributed by atoms with Gasteiger partial charge in [-0.05, 0) is 18.1 Å². The monoisotopic (exact) mass is 317 g/mol. The minimum atomic E-state index is -4.47. The van der Waals surface area contributed by atoms with Crippen LogP contribution in [0.3, 0.4) is 0 Å². The Morgan fingerprint density at radius 1 is 1.32 bits per heavy atom. The van der Waals surface area contributed by atoms with Gasteiger partial charge in [0.15, 0.2) is 0 Å². The minimum absolute atomic E-state index is 0.187. The van der Waals surface area contributed by atoms with E-state index in [2.05, 4.69) is 5.32 Å². The van der Waals surface area contributed by atoms with Gasteiger partial charge in [-0.2, -0.15) is 13.2 Å². The standard InChI is InChI=1S/C15H18F3NO3/c1-2-3-7-12(14(21)22)19-13(20)9-10-5-4-6-11(8-10)15(16,17)18/h4-6,8,12H,2-3,7,9H2,1H3,(H,19,20)(H,21,22). The zero-order valence-electron chi connectivity index (χ0n) is 12.1. The Bertz CT molecular complexity index is 529. The fourth-order valence-electron chi connectivity index (χ4n) is 1.95. The van der Waals surface area contributed by atoms with E-state index in [9.17, 15) is 22.8 Å². The number of carbonyl (C=O) groups excluding carboxylic acids is 1. The highest BCUT2D eigenvalue weighted by molar-refractivity contribution is 5.84. The van der Waals surface area contributed by atoms with Gasteiger partial charge in [0.2, 0.25) is 5.91 Å². The number of alkyl halides is 3. The van der Waals surface area contributed by atoms with Gasteiger partial charge in [0.05, 0.1) is 12.0 Å². The molecular formula is C15H18F3NO3. The first-order valence-electron chi connectivity index (χ1n) is 6.92. The number of benzene rings is 1. The van der Waals surface area contributed by atoms with Crippen LogP contribution >= 0.6 is 0 Å². The Labute approximate surface area is 126 Å². The zero-order chi connectivity index (χ0) is 16.8. The summed E-state index contributed by atoms with van der Waals surface area (Å²) >= 11 is 0. The summed E-state index contributed by atoms with van der Waals surface area (Å²) < 4.78 is 37.7. The molecule has 4 nitrogen and oxygen atoms in total. The van der Waals surface area contributed by atoms with Crippen molar-refractivity contribution in [3.8, 4) is 0 Å². The van der Waals surface area contributed by atoms with Gasteiger partial charge < -0.3 is 10.4 Å². The van der Waals surface area contributed by atoms with E-state index in [0.717, 1.165) is 18.6 Å². The van der Waals surface area contributed by atoms with Crippen molar-refractivity contribution in [3.05, 3.63) is 35.4 Å². The van der Waals surface area contributed by atoms with Gasteiger partial charge in [-0.1, -0.05) is 38.0 Å². The maximum atomic E-state index is 12.6. The predicted octanol–water partition coefficient (Wildman–Crippen LogP) is 3.01. The largest absolute Gasteiger partial charge is 0.480 e. The second kappa shape index (κ2) is 7.82. The molecule has 0 saturated heterocycles. The van der Waals surface area contributed by atoms with Crippen LogP contribution in [-0.4, -0.2) is 23.0 Å². The number of hydrogen-bond acceptors (Lipinski definition) is 2. The zero-order valence-corrected chi connectivity index (χ0v) is 12.1. The van der Waals surface area contributed by atoms with Gasteiger partial charge in [0.25, 0.3) is 0 Å². The summed E-state index contributed by atoms with van der Waals surface area (Å²) in [6.45, 7) is 1.89. The Balaban J connectivity index is 2.70. The molecule has 0 aliphatic heterocycles. The summed E-state index contributed by atoms with van der Waals surface area (Å²) in [6, 6.07) is 3.41. The molecule has 22 heavy (non-hydrogen) atoms. The van der Waals surface area contributed by atoms with Crippen LogP contribution in [-0.2, 0) is 22.2 Å². The molecule has 0 heterocycles. The molecule has 0 aliphatic rings. The fourth-order valence-corrected chi connectivity index (χ4v) is 1.95. The van der Waals surface area contributed by atoms with E-state index in [4.69, 9.17) is 5.11 Å². The molecular weight excluding hydrogens is 299 g/mol. The van der Waals surface area contributed by atoms with Crippen molar-refractivity contribution in [2.24, 2.45) is 0 Å². The summed E-state index contributed by atoms with van der Waals surface area (Å²) in [6.07, 6.45) is -3.05. The van der Waals surface area contributed by atoms with Gasteiger partial charge in [0, 0.05) is 0 Å². The molecule has 0 saturated carbocycles. The van der Waals surface area contributed by atoms with Crippen molar-refractivity contribution >= 4 is 11.9 Å². The fraction of sp³-hybridized carbons (Fsp3) is 0.467. The molecule has 1 atom stereocenters.